The first-order chi connectivity index (χ1) is 14.6. The van der Waals surface area contributed by atoms with E-state index in [2.05, 4.69) is 17.2 Å². The zero-order valence-corrected chi connectivity index (χ0v) is 17.1. The van der Waals surface area contributed by atoms with Crippen LogP contribution in [-0.4, -0.2) is 21.7 Å². The number of benzene rings is 2. The summed E-state index contributed by atoms with van der Waals surface area (Å²) in [6.45, 7) is 4.21. The van der Waals surface area contributed by atoms with E-state index in [9.17, 15) is 9.59 Å². The second kappa shape index (κ2) is 8.33. The number of nitrogens with zero attached hydrogens (tertiary/aromatic N) is 2. The highest BCUT2D eigenvalue weighted by Gasteiger charge is 2.39. The molecule has 0 radical (unpaired) electrons. The predicted octanol–water partition coefficient (Wildman–Crippen LogP) is 4.34. The van der Waals surface area contributed by atoms with Crippen LogP contribution in [0, 0.1) is 6.92 Å². The van der Waals surface area contributed by atoms with Crippen molar-refractivity contribution in [3.05, 3.63) is 101 Å². The lowest BCUT2D eigenvalue weighted by Gasteiger charge is -2.15. The molecule has 0 saturated carbocycles. The fourth-order valence-corrected chi connectivity index (χ4v) is 3.45. The molecule has 1 aromatic heterocycles. The summed E-state index contributed by atoms with van der Waals surface area (Å²) in [6, 6.07) is 21.0. The van der Waals surface area contributed by atoms with Gasteiger partial charge in [-0.25, -0.2) is 0 Å². The third-order valence-corrected chi connectivity index (χ3v) is 5.19. The molecule has 30 heavy (non-hydrogen) atoms. The predicted molar refractivity (Wildman–Crippen MR) is 117 cm³/mol. The number of amides is 2. The third-order valence-electron chi connectivity index (χ3n) is 5.19. The standard InChI is InChI=1S/C25H23N3O2/c1-3-18-9-13-20(14-10-18)27-23-22(19-11-7-17(2)8-12-19)24(29)28(25(23)30)16-21-6-4-5-15-26-21/h4-15,27H,3,16H2,1-2H3. The Hall–Kier alpha value is -3.73. The first-order valence-electron chi connectivity index (χ1n) is 10.00. The lowest BCUT2D eigenvalue weighted by Crippen LogP contribution is -2.32. The molecule has 1 aliphatic heterocycles. The van der Waals surface area contributed by atoms with Crippen LogP contribution >= 0.6 is 0 Å². The first-order valence-corrected chi connectivity index (χ1v) is 10.00. The minimum Gasteiger partial charge on any atom is -0.350 e. The van der Waals surface area contributed by atoms with E-state index in [0.29, 0.717) is 17.0 Å². The molecule has 0 bridgehead atoms. The van der Waals surface area contributed by atoms with Crippen LogP contribution in [0.1, 0.15) is 29.3 Å². The maximum atomic E-state index is 13.3. The van der Waals surface area contributed by atoms with Gasteiger partial charge in [-0.05, 0) is 48.7 Å². The largest absolute Gasteiger partial charge is 0.350 e. The Morgan fingerprint density at radius 1 is 0.900 bits per heavy atom. The molecule has 150 valence electrons. The molecule has 0 fully saturated rings. The van der Waals surface area contributed by atoms with Gasteiger partial charge in [0.25, 0.3) is 11.8 Å². The van der Waals surface area contributed by atoms with E-state index < -0.39 is 0 Å². The van der Waals surface area contributed by atoms with Gasteiger partial charge in [0.1, 0.15) is 5.70 Å². The molecular formula is C25H23N3O2. The second-order valence-corrected chi connectivity index (χ2v) is 7.31. The number of aryl methyl sites for hydroxylation is 2. The van der Waals surface area contributed by atoms with Crippen molar-refractivity contribution < 1.29 is 9.59 Å². The van der Waals surface area contributed by atoms with Gasteiger partial charge in [0.15, 0.2) is 0 Å². The van der Waals surface area contributed by atoms with Crippen molar-refractivity contribution in [3.8, 4) is 0 Å². The van der Waals surface area contributed by atoms with Gasteiger partial charge >= 0.3 is 0 Å². The highest BCUT2D eigenvalue weighted by Crippen LogP contribution is 2.31. The summed E-state index contributed by atoms with van der Waals surface area (Å²) < 4.78 is 0. The van der Waals surface area contributed by atoms with Crippen LogP contribution in [0.15, 0.2) is 78.6 Å². The van der Waals surface area contributed by atoms with Crippen molar-refractivity contribution in [1.82, 2.24) is 9.88 Å². The van der Waals surface area contributed by atoms with E-state index in [-0.39, 0.29) is 18.4 Å². The zero-order valence-electron chi connectivity index (χ0n) is 17.1. The van der Waals surface area contributed by atoms with Gasteiger partial charge in [-0.1, -0.05) is 55.0 Å². The average Bonchev–Trinajstić information content (AvgIpc) is 3.00. The average molecular weight is 397 g/mol. The molecule has 3 aromatic rings. The monoisotopic (exact) mass is 397 g/mol. The van der Waals surface area contributed by atoms with Crippen LogP contribution in [-0.2, 0) is 22.6 Å². The summed E-state index contributed by atoms with van der Waals surface area (Å²) in [6.07, 6.45) is 2.59. The maximum absolute atomic E-state index is 13.3. The van der Waals surface area contributed by atoms with E-state index >= 15 is 0 Å². The molecule has 0 saturated heterocycles. The number of carbonyl (C=O) groups is 2. The summed E-state index contributed by atoms with van der Waals surface area (Å²) >= 11 is 0. The molecule has 5 nitrogen and oxygen atoms in total. The number of imide groups is 1. The number of anilines is 1. The zero-order chi connectivity index (χ0) is 21.1. The van der Waals surface area contributed by atoms with Gasteiger partial charge in [-0.3, -0.25) is 19.5 Å². The van der Waals surface area contributed by atoms with Crippen LogP contribution in [0.25, 0.3) is 5.57 Å². The van der Waals surface area contributed by atoms with Crippen LogP contribution < -0.4 is 5.32 Å². The minimum absolute atomic E-state index is 0.133. The van der Waals surface area contributed by atoms with E-state index in [4.69, 9.17) is 0 Å². The van der Waals surface area contributed by atoms with Crippen molar-refractivity contribution in [1.29, 1.82) is 0 Å². The van der Waals surface area contributed by atoms with Crippen molar-refractivity contribution in [2.75, 3.05) is 5.32 Å². The molecule has 5 heteroatoms. The molecule has 0 spiro atoms. The van der Waals surface area contributed by atoms with Crippen molar-refractivity contribution >= 4 is 23.1 Å². The molecule has 2 aromatic carbocycles. The Balaban J connectivity index is 1.72. The van der Waals surface area contributed by atoms with E-state index in [1.54, 1.807) is 18.3 Å². The van der Waals surface area contributed by atoms with Gasteiger partial charge in [0.05, 0.1) is 17.8 Å². The number of hydrogen-bond donors (Lipinski definition) is 1. The topological polar surface area (TPSA) is 62.3 Å². The third kappa shape index (κ3) is 3.87. The Morgan fingerprint density at radius 3 is 2.27 bits per heavy atom. The van der Waals surface area contributed by atoms with Gasteiger partial charge < -0.3 is 5.32 Å². The van der Waals surface area contributed by atoms with Gasteiger partial charge in [-0.15, -0.1) is 0 Å². The number of aromatic nitrogens is 1. The van der Waals surface area contributed by atoms with Gasteiger partial charge in [0.2, 0.25) is 0 Å². The number of rotatable bonds is 6. The summed E-state index contributed by atoms with van der Waals surface area (Å²) in [5.41, 5.74) is 5.13. The van der Waals surface area contributed by atoms with Crippen LogP contribution in [0.5, 0.6) is 0 Å². The number of nitrogens with one attached hydrogen (secondary N) is 1. The fourth-order valence-electron chi connectivity index (χ4n) is 3.45. The van der Waals surface area contributed by atoms with E-state index in [1.807, 2.05) is 61.5 Å². The molecule has 2 amide bonds. The molecule has 1 aliphatic rings. The quantitative estimate of drug-likeness (QED) is 0.629. The Bertz CT molecular complexity index is 1100. The number of hydrogen-bond acceptors (Lipinski definition) is 4. The molecule has 2 heterocycles. The fraction of sp³-hybridized carbons (Fsp3) is 0.160. The Morgan fingerprint density at radius 2 is 1.63 bits per heavy atom. The summed E-state index contributed by atoms with van der Waals surface area (Å²) in [5, 5.41) is 3.20. The smallest absolute Gasteiger partial charge is 0.278 e. The van der Waals surface area contributed by atoms with Crippen LogP contribution in [0.3, 0.4) is 0 Å². The van der Waals surface area contributed by atoms with E-state index in [1.165, 1.54) is 10.5 Å². The van der Waals surface area contributed by atoms with Crippen molar-refractivity contribution in [2.24, 2.45) is 0 Å². The summed E-state index contributed by atoms with van der Waals surface area (Å²) in [5.74, 6) is -0.664. The van der Waals surface area contributed by atoms with Gasteiger partial charge in [-0.2, -0.15) is 0 Å². The lowest BCUT2D eigenvalue weighted by molar-refractivity contribution is -0.137. The first kappa shape index (κ1) is 19.6. The highest BCUT2D eigenvalue weighted by atomic mass is 16.2. The Labute approximate surface area is 176 Å². The van der Waals surface area contributed by atoms with Crippen molar-refractivity contribution in [2.45, 2.75) is 26.8 Å². The lowest BCUT2D eigenvalue weighted by atomic mass is 10.0. The molecular weight excluding hydrogens is 374 g/mol. The van der Waals surface area contributed by atoms with Crippen LogP contribution in [0.2, 0.25) is 0 Å². The minimum atomic E-state index is -0.346. The maximum Gasteiger partial charge on any atom is 0.278 e. The molecule has 1 N–H and O–H groups in total. The highest BCUT2D eigenvalue weighted by molar-refractivity contribution is 6.36. The second-order valence-electron chi connectivity index (χ2n) is 7.31. The van der Waals surface area contributed by atoms with Gasteiger partial charge in [0, 0.05) is 11.9 Å². The molecule has 0 unspecified atom stereocenters. The van der Waals surface area contributed by atoms with Crippen LogP contribution in [0.4, 0.5) is 5.69 Å². The summed E-state index contributed by atoms with van der Waals surface area (Å²) in [4.78, 5) is 32.1. The normalized spacial score (nSPS) is 13.9. The molecule has 0 aliphatic carbocycles. The SMILES string of the molecule is CCc1ccc(NC2=C(c3ccc(C)cc3)C(=O)N(Cc3ccccn3)C2=O)cc1. The number of pyridine rings is 1. The molecule has 4 rings (SSSR count). The van der Waals surface area contributed by atoms with Crippen molar-refractivity contribution in [3.63, 3.8) is 0 Å². The van der Waals surface area contributed by atoms with E-state index in [0.717, 1.165) is 23.2 Å². The summed E-state index contributed by atoms with van der Waals surface area (Å²) in [7, 11) is 0. The molecule has 0 atom stereocenters. The number of carbonyl (C=O) groups excluding carboxylic acids is 2. The Kier molecular flexibility index (Phi) is 5.44.